The number of allylic oxidation sites excluding steroid dienone is 10. The summed E-state index contributed by atoms with van der Waals surface area (Å²) in [5.41, 5.74) is 0. The van der Waals surface area contributed by atoms with Crippen LogP contribution in [0.2, 0.25) is 0 Å². The van der Waals surface area contributed by atoms with Crippen LogP contribution in [0.4, 0.5) is 0 Å². The van der Waals surface area contributed by atoms with E-state index in [0.717, 1.165) is 57.8 Å². The number of aliphatic hydroxyl groups excluding tert-OH is 1. The topological polar surface area (TPSA) is 55.8 Å². The lowest BCUT2D eigenvalue weighted by atomic mass is 10.1. The van der Waals surface area contributed by atoms with E-state index in [-0.39, 0.29) is 12.6 Å². The fourth-order valence-electron chi connectivity index (χ4n) is 4.71. The maximum Gasteiger partial charge on any atom is 0.306 e. The molecule has 0 heterocycles. The van der Waals surface area contributed by atoms with Crippen molar-refractivity contribution < 1.29 is 19.4 Å². The van der Waals surface area contributed by atoms with E-state index in [0.29, 0.717) is 19.6 Å². The van der Waals surface area contributed by atoms with Crippen molar-refractivity contribution in [3.63, 3.8) is 0 Å². The quantitative estimate of drug-likeness (QED) is 0.0474. The smallest absolute Gasteiger partial charge is 0.306 e. The Morgan fingerprint density at radius 3 is 1.58 bits per heavy atom. The van der Waals surface area contributed by atoms with Crippen molar-refractivity contribution in [2.24, 2.45) is 0 Å². The summed E-state index contributed by atoms with van der Waals surface area (Å²) in [4.78, 5) is 12.1. The highest BCUT2D eigenvalue weighted by Gasteiger charge is 2.13. The van der Waals surface area contributed by atoms with Crippen LogP contribution in [0.3, 0.4) is 0 Å². The number of hydrogen-bond donors (Lipinski definition) is 1. The lowest BCUT2D eigenvalue weighted by Crippen LogP contribution is -2.27. The number of carbonyl (C=O) groups excluding carboxylic acids is 1. The van der Waals surface area contributed by atoms with Gasteiger partial charge >= 0.3 is 5.97 Å². The molecule has 0 rings (SSSR count). The molecule has 0 aliphatic heterocycles. The fourth-order valence-corrected chi connectivity index (χ4v) is 4.71. The molecular formula is C39H68O4. The summed E-state index contributed by atoms with van der Waals surface area (Å²) in [7, 11) is 0. The zero-order valence-electron chi connectivity index (χ0n) is 28.2. The molecule has 0 saturated carbocycles. The van der Waals surface area contributed by atoms with Crippen LogP contribution in [0.1, 0.15) is 155 Å². The maximum atomic E-state index is 12.1. The number of carbonyl (C=O) groups is 1. The maximum absolute atomic E-state index is 12.1. The van der Waals surface area contributed by atoms with Crippen LogP contribution in [0.25, 0.3) is 0 Å². The Bertz CT molecular complexity index is 719. The first kappa shape index (κ1) is 41.1. The van der Waals surface area contributed by atoms with Crippen molar-refractivity contribution in [2.75, 3.05) is 19.8 Å². The molecule has 1 N–H and O–H groups in total. The lowest BCUT2D eigenvalue weighted by Gasteiger charge is -2.15. The van der Waals surface area contributed by atoms with Crippen LogP contribution in [-0.4, -0.2) is 37.0 Å². The highest BCUT2D eigenvalue weighted by molar-refractivity contribution is 5.69. The van der Waals surface area contributed by atoms with Gasteiger partial charge in [0.2, 0.25) is 0 Å². The van der Waals surface area contributed by atoms with Gasteiger partial charge in [-0.05, 0) is 57.8 Å². The fraction of sp³-hybridized carbons (Fsp3) is 0.718. The van der Waals surface area contributed by atoms with Crippen molar-refractivity contribution in [1.29, 1.82) is 0 Å². The van der Waals surface area contributed by atoms with E-state index in [1.807, 2.05) is 0 Å². The predicted octanol–water partition coefficient (Wildman–Crippen LogP) is 11.3. The summed E-state index contributed by atoms with van der Waals surface area (Å²) in [6.45, 7) is 5.19. The molecule has 0 saturated heterocycles. The largest absolute Gasteiger partial charge is 0.457 e. The molecule has 0 radical (unpaired) electrons. The third-order valence-electron chi connectivity index (χ3n) is 7.36. The highest BCUT2D eigenvalue weighted by Crippen LogP contribution is 2.12. The molecule has 4 nitrogen and oxygen atoms in total. The van der Waals surface area contributed by atoms with Crippen molar-refractivity contribution in [3.05, 3.63) is 60.8 Å². The zero-order valence-corrected chi connectivity index (χ0v) is 28.2. The predicted molar refractivity (Wildman–Crippen MR) is 186 cm³/mol. The number of aliphatic hydroxyl groups is 1. The first-order valence-electron chi connectivity index (χ1n) is 17.9. The highest BCUT2D eigenvalue weighted by atomic mass is 16.6. The summed E-state index contributed by atoms with van der Waals surface area (Å²) in [5, 5.41) is 9.51. The Hall–Kier alpha value is -1.91. The van der Waals surface area contributed by atoms with Gasteiger partial charge < -0.3 is 14.6 Å². The zero-order chi connectivity index (χ0) is 31.3. The Balaban J connectivity index is 3.51. The Morgan fingerprint density at radius 1 is 0.581 bits per heavy atom. The van der Waals surface area contributed by atoms with E-state index >= 15 is 0 Å². The van der Waals surface area contributed by atoms with Gasteiger partial charge in [0.1, 0.15) is 6.10 Å². The van der Waals surface area contributed by atoms with E-state index < -0.39 is 6.10 Å². The molecule has 0 aromatic rings. The third kappa shape index (κ3) is 34.4. The Kier molecular flexibility index (Phi) is 34.7. The second-order valence-electron chi connectivity index (χ2n) is 11.6. The second kappa shape index (κ2) is 36.3. The van der Waals surface area contributed by atoms with Crippen LogP contribution < -0.4 is 0 Å². The molecule has 0 fully saturated rings. The van der Waals surface area contributed by atoms with Gasteiger partial charge in [0, 0.05) is 13.0 Å². The van der Waals surface area contributed by atoms with E-state index in [1.165, 1.54) is 77.0 Å². The first-order chi connectivity index (χ1) is 21.2. The number of esters is 1. The van der Waals surface area contributed by atoms with Gasteiger partial charge in [0.25, 0.3) is 0 Å². The van der Waals surface area contributed by atoms with E-state index in [9.17, 15) is 9.90 Å². The van der Waals surface area contributed by atoms with Crippen LogP contribution in [0.15, 0.2) is 60.8 Å². The Morgan fingerprint density at radius 2 is 1.05 bits per heavy atom. The van der Waals surface area contributed by atoms with Gasteiger partial charge in [0.05, 0.1) is 13.2 Å². The standard InChI is InChI=1S/C39H68O4/c1-3-5-7-9-11-13-14-15-16-17-18-19-20-21-22-23-24-25-26-27-28-30-32-34-39(41)43-38(36-40)37-42-35-33-31-29-12-10-8-6-4-2/h5,7,11,13,15-16,18-19,21-22,38,40H,3-4,6,8-10,12,14,17,20,23-37H2,1-2H3/b7-5-,13-11-,16-15-,19-18-,22-21-. The van der Waals surface area contributed by atoms with Crippen LogP contribution >= 0.6 is 0 Å². The van der Waals surface area contributed by atoms with E-state index in [2.05, 4.69) is 74.6 Å². The second-order valence-corrected chi connectivity index (χ2v) is 11.6. The molecule has 43 heavy (non-hydrogen) atoms. The van der Waals surface area contributed by atoms with Gasteiger partial charge in [-0.25, -0.2) is 0 Å². The minimum absolute atomic E-state index is 0.178. The minimum atomic E-state index is -0.537. The van der Waals surface area contributed by atoms with E-state index in [1.54, 1.807) is 0 Å². The van der Waals surface area contributed by atoms with Crippen molar-refractivity contribution in [3.8, 4) is 0 Å². The number of ether oxygens (including phenoxy) is 2. The van der Waals surface area contributed by atoms with Crippen molar-refractivity contribution in [2.45, 2.75) is 161 Å². The first-order valence-corrected chi connectivity index (χ1v) is 17.9. The number of rotatable bonds is 32. The molecule has 0 bridgehead atoms. The lowest BCUT2D eigenvalue weighted by molar-refractivity contribution is -0.154. The molecule has 0 aliphatic carbocycles. The van der Waals surface area contributed by atoms with Crippen molar-refractivity contribution in [1.82, 2.24) is 0 Å². The molecule has 0 aliphatic rings. The summed E-state index contributed by atoms with van der Waals surface area (Å²) in [5.74, 6) is -0.216. The summed E-state index contributed by atoms with van der Waals surface area (Å²) < 4.78 is 11.0. The molecule has 248 valence electrons. The molecule has 0 aromatic heterocycles. The van der Waals surface area contributed by atoms with Crippen molar-refractivity contribution >= 4 is 5.97 Å². The average Bonchev–Trinajstić information content (AvgIpc) is 3.01. The van der Waals surface area contributed by atoms with Crippen LogP contribution in [-0.2, 0) is 14.3 Å². The van der Waals surface area contributed by atoms with Gasteiger partial charge in [-0.15, -0.1) is 0 Å². The minimum Gasteiger partial charge on any atom is -0.457 e. The summed E-state index contributed by atoms with van der Waals surface area (Å²) >= 11 is 0. The van der Waals surface area contributed by atoms with Crippen LogP contribution in [0.5, 0.6) is 0 Å². The molecule has 4 heteroatoms. The van der Waals surface area contributed by atoms with Gasteiger partial charge in [0.15, 0.2) is 0 Å². The van der Waals surface area contributed by atoms with Gasteiger partial charge in [-0.2, -0.15) is 0 Å². The molecule has 1 atom stereocenters. The van der Waals surface area contributed by atoms with E-state index in [4.69, 9.17) is 9.47 Å². The van der Waals surface area contributed by atoms with Gasteiger partial charge in [-0.3, -0.25) is 4.79 Å². The molecule has 0 aromatic carbocycles. The summed E-state index contributed by atoms with van der Waals surface area (Å²) in [6.07, 6.45) is 46.9. The molecular weight excluding hydrogens is 532 g/mol. The number of hydrogen-bond acceptors (Lipinski definition) is 4. The molecule has 0 amide bonds. The SMILES string of the molecule is CC/C=C\C/C=C\C/C=C\C/C=C\C/C=C\CCCCCCCCCC(=O)OC(CO)COCCCCCCCCCC. The normalized spacial score (nSPS) is 13.1. The monoisotopic (exact) mass is 601 g/mol. The molecule has 0 spiro atoms. The molecule has 1 unspecified atom stereocenters. The Labute approximate surface area is 266 Å². The third-order valence-corrected chi connectivity index (χ3v) is 7.36. The number of unbranched alkanes of at least 4 members (excludes halogenated alkanes) is 14. The average molecular weight is 601 g/mol. The van der Waals surface area contributed by atoms with Gasteiger partial charge in [-0.1, -0.05) is 152 Å². The summed E-state index contributed by atoms with van der Waals surface area (Å²) in [6, 6.07) is 0. The van der Waals surface area contributed by atoms with Crippen LogP contribution in [0, 0.1) is 0 Å².